The molecule has 0 amide bonds. The Bertz CT molecular complexity index is 1690. The lowest BCUT2D eigenvalue weighted by Gasteiger charge is -2.34. The third kappa shape index (κ3) is 3.56. The molecule has 6 rings (SSSR count). The highest BCUT2D eigenvalue weighted by Crippen LogP contribution is 2.47. The molecule has 0 saturated carbocycles. The minimum Gasteiger partial charge on any atom is -0.507 e. The topological polar surface area (TPSA) is 47.0 Å². The fraction of sp³-hybridized carbons (Fsp3) is 0.364. The van der Waals surface area contributed by atoms with Crippen LogP contribution in [0.3, 0.4) is 0 Å². The van der Waals surface area contributed by atoms with E-state index in [4.69, 9.17) is 9.47 Å². The summed E-state index contributed by atoms with van der Waals surface area (Å²) in [5, 5.41) is 15.2. The number of hydrogen-bond donors (Lipinski definition) is 1. The van der Waals surface area contributed by atoms with E-state index in [-0.39, 0.29) is 29.4 Å². The number of phenols is 1. The normalized spacial score (nSPS) is 16.7. The minimum atomic E-state index is -0.614. The van der Waals surface area contributed by atoms with Crippen molar-refractivity contribution < 1.29 is 19.1 Å². The summed E-state index contributed by atoms with van der Waals surface area (Å²) in [6.07, 6.45) is 1.51. The molecule has 196 valence electrons. The van der Waals surface area contributed by atoms with E-state index in [9.17, 15) is 5.11 Å². The maximum absolute atomic E-state index is 11.4. The molecule has 1 unspecified atom stereocenters. The van der Waals surface area contributed by atoms with Gasteiger partial charge in [0.2, 0.25) is 0 Å². The summed E-state index contributed by atoms with van der Waals surface area (Å²) in [7, 11) is 0. The van der Waals surface area contributed by atoms with Crippen molar-refractivity contribution in [3.63, 3.8) is 0 Å². The van der Waals surface area contributed by atoms with Crippen LogP contribution in [-0.4, -0.2) is 21.7 Å². The number of imidazole rings is 1. The van der Waals surface area contributed by atoms with Crippen molar-refractivity contribution in [2.24, 2.45) is 0 Å². The maximum atomic E-state index is 11.4. The largest absolute Gasteiger partial charge is 0.507 e. The van der Waals surface area contributed by atoms with E-state index in [0.29, 0.717) is 0 Å². The summed E-state index contributed by atoms with van der Waals surface area (Å²) in [4.78, 5) is 0. The molecule has 1 aliphatic heterocycles. The third-order valence-corrected chi connectivity index (χ3v) is 8.21. The van der Waals surface area contributed by atoms with Gasteiger partial charge in [-0.3, -0.25) is 0 Å². The van der Waals surface area contributed by atoms with Gasteiger partial charge in [0.15, 0.2) is 12.0 Å². The van der Waals surface area contributed by atoms with E-state index in [1.54, 1.807) is 6.07 Å². The highest BCUT2D eigenvalue weighted by atomic mass is 16.7. The first-order valence-electron chi connectivity index (χ1n) is 13.6. The zero-order chi connectivity index (χ0) is 26.9. The van der Waals surface area contributed by atoms with Gasteiger partial charge in [-0.15, -0.1) is 0 Å². The monoisotopic (exact) mass is 509 g/mol. The fourth-order valence-electron chi connectivity index (χ4n) is 6.17. The SMILES string of the molecule is CC(C)OC(OC(C)C)c1cccc(O)c1-c1c[n+]2c3c4c(cccc4c4ccccc4n13)C(C)(C)C2C. The second-order valence-corrected chi connectivity index (χ2v) is 11.7. The minimum absolute atomic E-state index is 0.0434. The zero-order valence-corrected chi connectivity index (χ0v) is 23.3. The molecule has 1 N–H and O–H groups in total. The summed E-state index contributed by atoms with van der Waals surface area (Å²) in [5.41, 5.74) is 6.01. The Morgan fingerprint density at radius 1 is 0.868 bits per heavy atom. The van der Waals surface area contributed by atoms with Crippen LogP contribution in [0.5, 0.6) is 5.75 Å². The van der Waals surface area contributed by atoms with Gasteiger partial charge in [0.25, 0.3) is 5.65 Å². The molecule has 0 saturated heterocycles. The van der Waals surface area contributed by atoms with Crippen LogP contribution < -0.4 is 4.57 Å². The van der Waals surface area contributed by atoms with E-state index >= 15 is 0 Å². The zero-order valence-electron chi connectivity index (χ0n) is 23.3. The summed E-state index contributed by atoms with van der Waals surface area (Å²) in [6.45, 7) is 15.0. The van der Waals surface area contributed by atoms with Crippen molar-refractivity contribution in [3.8, 4) is 17.0 Å². The number of fused-ring (bicyclic) bond motifs is 3. The average Bonchev–Trinajstić information content (AvgIpc) is 3.27. The lowest BCUT2D eigenvalue weighted by molar-refractivity contribution is -0.703. The average molecular weight is 510 g/mol. The molecule has 2 aromatic heterocycles. The smallest absolute Gasteiger partial charge is 0.295 e. The highest BCUT2D eigenvalue weighted by Gasteiger charge is 2.43. The van der Waals surface area contributed by atoms with Crippen molar-refractivity contribution in [2.45, 2.75) is 78.4 Å². The predicted molar refractivity (Wildman–Crippen MR) is 153 cm³/mol. The molecule has 38 heavy (non-hydrogen) atoms. The fourth-order valence-corrected chi connectivity index (χ4v) is 6.17. The van der Waals surface area contributed by atoms with E-state index in [1.807, 2.05) is 39.8 Å². The number of aromatic nitrogens is 2. The molecule has 0 bridgehead atoms. The Morgan fingerprint density at radius 3 is 2.24 bits per heavy atom. The summed E-state index contributed by atoms with van der Waals surface area (Å²) >= 11 is 0. The molecule has 3 heterocycles. The van der Waals surface area contributed by atoms with Crippen LogP contribution in [0.15, 0.2) is 66.9 Å². The van der Waals surface area contributed by atoms with Crippen LogP contribution in [-0.2, 0) is 14.9 Å². The van der Waals surface area contributed by atoms with Gasteiger partial charge < -0.3 is 14.6 Å². The summed E-state index contributed by atoms with van der Waals surface area (Å²) in [5.74, 6) is 0.211. The molecule has 0 fully saturated rings. The van der Waals surface area contributed by atoms with E-state index in [2.05, 4.69) is 78.4 Å². The van der Waals surface area contributed by atoms with Crippen molar-refractivity contribution in [1.82, 2.24) is 4.40 Å². The molecule has 3 aromatic carbocycles. The van der Waals surface area contributed by atoms with Crippen LogP contribution in [0.1, 0.15) is 71.9 Å². The number of hydrogen-bond acceptors (Lipinski definition) is 3. The molecular formula is C33H37N2O3+. The summed E-state index contributed by atoms with van der Waals surface area (Å²) in [6, 6.07) is 21.1. The molecule has 5 aromatic rings. The van der Waals surface area contributed by atoms with Crippen LogP contribution >= 0.6 is 0 Å². The Kier molecular flexibility index (Phi) is 5.78. The second-order valence-electron chi connectivity index (χ2n) is 11.7. The highest BCUT2D eigenvalue weighted by molar-refractivity contribution is 6.13. The number of phenolic OH excluding ortho intramolecular Hbond substituents is 1. The number of nitrogens with zero attached hydrogens (tertiary/aromatic N) is 2. The van der Waals surface area contributed by atoms with Gasteiger partial charge >= 0.3 is 0 Å². The third-order valence-electron chi connectivity index (χ3n) is 8.21. The molecule has 1 aliphatic rings. The molecule has 5 nitrogen and oxygen atoms in total. The van der Waals surface area contributed by atoms with E-state index in [1.165, 1.54) is 21.7 Å². The van der Waals surface area contributed by atoms with Gasteiger partial charge in [-0.25, -0.2) is 4.57 Å². The van der Waals surface area contributed by atoms with Crippen molar-refractivity contribution in [1.29, 1.82) is 0 Å². The lowest BCUT2D eigenvalue weighted by atomic mass is 9.74. The molecule has 0 aliphatic carbocycles. The first-order chi connectivity index (χ1) is 18.1. The van der Waals surface area contributed by atoms with Gasteiger partial charge in [0.1, 0.15) is 23.5 Å². The number of para-hydroxylation sites is 1. The van der Waals surface area contributed by atoms with Crippen LogP contribution in [0.4, 0.5) is 0 Å². The first-order valence-corrected chi connectivity index (χ1v) is 13.6. The van der Waals surface area contributed by atoms with Gasteiger partial charge in [0.05, 0.1) is 23.2 Å². The molecule has 1 atom stereocenters. The van der Waals surface area contributed by atoms with E-state index < -0.39 is 6.29 Å². The van der Waals surface area contributed by atoms with Crippen LogP contribution in [0, 0.1) is 0 Å². The Labute approximate surface area is 224 Å². The van der Waals surface area contributed by atoms with Crippen molar-refractivity contribution in [3.05, 3.63) is 78.0 Å². The number of rotatable bonds is 6. The first kappa shape index (κ1) is 24.9. The lowest BCUT2D eigenvalue weighted by Crippen LogP contribution is -2.49. The summed E-state index contributed by atoms with van der Waals surface area (Å²) < 4.78 is 17.3. The number of benzene rings is 3. The molecule has 0 spiro atoms. The predicted octanol–water partition coefficient (Wildman–Crippen LogP) is 7.61. The number of aromatic hydroxyl groups is 1. The Morgan fingerprint density at radius 2 is 1.53 bits per heavy atom. The quantitative estimate of drug-likeness (QED) is 0.146. The Balaban J connectivity index is 1.78. The standard InChI is InChI=1S/C33H36N2O3/c1-19(2)37-32(38-20(3)4)24-14-11-17-28(36)30(24)27-18-34-21(5)33(6,7)25-15-10-13-23-22-12-8-9-16-26(22)35(27)31(34)29(23)25/h8-21,32H,1-7H3/p+1. The van der Waals surface area contributed by atoms with Gasteiger partial charge in [-0.1, -0.05) is 62.4 Å². The second kappa shape index (κ2) is 8.82. The van der Waals surface area contributed by atoms with Crippen LogP contribution in [0.25, 0.3) is 38.6 Å². The maximum Gasteiger partial charge on any atom is 0.295 e. The molecular weight excluding hydrogens is 472 g/mol. The number of pyridine rings is 1. The van der Waals surface area contributed by atoms with E-state index in [0.717, 1.165) is 28.0 Å². The Hall–Kier alpha value is -3.41. The van der Waals surface area contributed by atoms with Crippen LogP contribution in [0.2, 0.25) is 0 Å². The van der Waals surface area contributed by atoms with Gasteiger partial charge in [-0.05, 0) is 52.3 Å². The van der Waals surface area contributed by atoms with Gasteiger partial charge in [0, 0.05) is 21.8 Å². The van der Waals surface area contributed by atoms with Crippen molar-refractivity contribution >= 4 is 27.3 Å². The molecule has 0 radical (unpaired) electrons. The van der Waals surface area contributed by atoms with Crippen molar-refractivity contribution in [2.75, 3.05) is 0 Å². The van der Waals surface area contributed by atoms with Gasteiger partial charge in [-0.2, -0.15) is 4.40 Å². The molecule has 5 heteroatoms. The number of ether oxygens (including phenoxy) is 2.